The first kappa shape index (κ1) is 31.4. The molecule has 13 aromatic rings. The van der Waals surface area contributed by atoms with Crippen molar-refractivity contribution in [1.29, 1.82) is 0 Å². The molecule has 0 fully saturated rings. The van der Waals surface area contributed by atoms with Crippen LogP contribution in [0.1, 0.15) is 0 Å². The van der Waals surface area contributed by atoms with E-state index in [0.29, 0.717) is 0 Å². The van der Waals surface area contributed by atoms with Gasteiger partial charge in [0.2, 0.25) is 0 Å². The van der Waals surface area contributed by atoms with Gasteiger partial charge in [0.25, 0.3) is 0 Å². The van der Waals surface area contributed by atoms with Crippen LogP contribution in [0.3, 0.4) is 0 Å². The van der Waals surface area contributed by atoms with Gasteiger partial charge in [0.1, 0.15) is 11.3 Å². The highest BCUT2D eigenvalue weighted by Crippen LogP contribution is 2.43. The van der Waals surface area contributed by atoms with Crippen molar-refractivity contribution in [3.63, 3.8) is 0 Å². The number of hydrogen-bond acceptors (Lipinski definition) is 0. The van der Waals surface area contributed by atoms with Gasteiger partial charge in [-0.2, -0.15) is 0 Å². The van der Waals surface area contributed by atoms with E-state index in [1.807, 2.05) is 0 Å². The molecule has 0 saturated heterocycles. The Kier molecular flexibility index (Phi) is 6.41. The van der Waals surface area contributed by atoms with E-state index in [1.54, 1.807) is 0 Å². The fourth-order valence-corrected chi connectivity index (χ4v) is 9.82. The minimum absolute atomic E-state index is 1.11. The topological polar surface area (TPSA) is 19.7 Å². The van der Waals surface area contributed by atoms with Gasteiger partial charge in [-0.3, -0.25) is 18.3 Å². The highest BCUT2D eigenvalue weighted by Gasteiger charge is 2.24. The molecule has 0 amide bonds. The fraction of sp³-hybridized carbons (Fsp3) is 0. The molecule has 4 heterocycles. The Bertz CT molecular complexity index is 3540. The molecule has 4 aromatic heterocycles. The van der Waals surface area contributed by atoms with Crippen molar-refractivity contribution in [1.82, 2.24) is 18.3 Å². The van der Waals surface area contributed by atoms with Crippen LogP contribution in [0.5, 0.6) is 0 Å². The summed E-state index contributed by atoms with van der Waals surface area (Å²) in [7, 11) is 0. The number of rotatable bonds is 4. The Morgan fingerprint density at radius 3 is 0.862 bits per heavy atom. The second kappa shape index (κ2) is 11.8. The maximum Gasteiger partial charge on any atom is 0.131 e. The number of hydrogen-bond donors (Lipinski definition) is 0. The Labute approximate surface area is 333 Å². The van der Waals surface area contributed by atoms with Gasteiger partial charge >= 0.3 is 0 Å². The van der Waals surface area contributed by atoms with Gasteiger partial charge < -0.3 is 0 Å². The lowest BCUT2D eigenvalue weighted by Gasteiger charge is -2.16. The first-order valence-electron chi connectivity index (χ1n) is 19.9. The normalized spacial score (nSPS) is 12.1. The van der Waals surface area contributed by atoms with Crippen molar-refractivity contribution >= 4 is 87.2 Å². The third-order valence-electron chi connectivity index (χ3n) is 12.3. The monoisotopic (exact) mass is 738 g/mol. The molecule has 0 spiro atoms. The standard InChI is InChI=1S/C54H34N4/c1-3-15-37-33-41(27-25-35(37)13-1)57-49-23-11-7-19-45(49)51-43-17-5-9-21-47(43)55(53(51)57)39-29-31-40(32-30-39)56-48-22-10-6-18-44(48)52-46-20-8-12-24-50(46)58(54(52)56)42-28-26-36-14-2-4-16-38(36)34-42/h1-34H. The third-order valence-corrected chi connectivity index (χ3v) is 12.3. The molecule has 9 aromatic carbocycles. The number of fused-ring (bicyclic) bond motifs is 12. The Hall–Kier alpha value is -7.82. The highest BCUT2D eigenvalue weighted by atomic mass is 15.2. The van der Waals surface area contributed by atoms with Gasteiger partial charge in [-0.1, -0.05) is 133 Å². The van der Waals surface area contributed by atoms with Crippen molar-refractivity contribution in [3.8, 4) is 22.7 Å². The van der Waals surface area contributed by atoms with E-state index in [4.69, 9.17) is 0 Å². The van der Waals surface area contributed by atoms with Crippen molar-refractivity contribution < 1.29 is 0 Å². The average Bonchev–Trinajstić information content (AvgIpc) is 4.01. The fourth-order valence-electron chi connectivity index (χ4n) is 9.82. The van der Waals surface area contributed by atoms with Crippen molar-refractivity contribution in [2.24, 2.45) is 0 Å². The van der Waals surface area contributed by atoms with Crippen LogP contribution in [-0.4, -0.2) is 18.3 Å². The van der Waals surface area contributed by atoms with Crippen LogP contribution >= 0.6 is 0 Å². The van der Waals surface area contributed by atoms with E-state index in [0.717, 1.165) is 34.0 Å². The number of nitrogens with zero attached hydrogens (tertiary/aromatic N) is 4. The maximum absolute atomic E-state index is 2.46. The van der Waals surface area contributed by atoms with Gasteiger partial charge in [-0.25, -0.2) is 0 Å². The lowest BCUT2D eigenvalue weighted by molar-refractivity contribution is 1.05. The first-order valence-corrected chi connectivity index (χ1v) is 19.9. The smallest absolute Gasteiger partial charge is 0.131 e. The van der Waals surface area contributed by atoms with Crippen LogP contribution in [0.4, 0.5) is 0 Å². The Balaban J connectivity index is 1.08. The lowest BCUT2D eigenvalue weighted by atomic mass is 10.1. The van der Waals surface area contributed by atoms with Crippen LogP contribution in [0.2, 0.25) is 0 Å². The molecule has 0 N–H and O–H groups in total. The summed E-state index contributed by atoms with van der Waals surface area (Å²) >= 11 is 0. The largest absolute Gasteiger partial charge is 0.295 e. The minimum atomic E-state index is 1.11. The van der Waals surface area contributed by atoms with E-state index >= 15 is 0 Å². The van der Waals surface area contributed by atoms with Gasteiger partial charge in [0, 0.05) is 55.1 Å². The Morgan fingerprint density at radius 1 is 0.224 bits per heavy atom. The molecule has 0 aliphatic heterocycles. The summed E-state index contributed by atoms with van der Waals surface area (Å²) in [6.07, 6.45) is 0. The van der Waals surface area contributed by atoms with Gasteiger partial charge in [0.15, 0.2) is 0 Å². The quantitative estimate of drug-likeness (QED) is 0.171. The third kappa shape index (κ3) is 4.29. The molecule has 0 atom stereocenters. The lowest BCUT2D eigenvalue weighted by Crippen LogP contribution is -2.03. The second-order valence-corrected chi connectivity index (χ2v) is 15.4. The predicted molar refractivity (Wildman–Crippen MR) is 244 cm³/mol. The molecule has 0 radical (unpaired) electrons. The molecule has 13 rings (SSSR count). The van der Waals surface area contributed by atoms with Crippen molar-refractivity contribution in [2.45, 2.75) is 0 Å². The van der Waals surface area contributed by atoms with E-state index in [-0.39, 0.29) is 0 Å². The predicted octanol–water partition coefficient (Wildman–Crippen LogP) is 14.1. The maximum atomic E-state index is 2.46. The summed E-state index contributed by atoms with van der Waals surface area (Å²) in [5, 5.41) is 12.4. The van der Waals surface area contributed by atoms with Crippen molar-refractivity contribution in [3.05, 3.63) is 206 Å². The SMILES string of the molecule is c1ccc2cc(-n3c4ccccc4c4c5ccccc5n(-c5ccc(-n6c7ccccc7c7c8ccccc8n(-c8ccc9ccccc9c8)c76)cc5)c43)ccc2c1. The van der Waals surface area contributed by atoms with Crippen LogP contribution in [-0.2, 0) is 0 Å². The second-order valence-electron chi connectivity index (χ2n) is 15.4. The highest BCUT2D eigenvalue weighted by molar-refractivity contribution is 6.24. The summed E-state index contributed by atoms with van der Waals surface area (Å²) in [5.41, 5.74) is 11.6. The molecular formula is C54H34N4. The van der Waals surface area contributed by atoms with E-state index in [2.05, 4.69) is 225 Å². The molecule has 0 saturated carbocycles. The van der Waals surface area contributed by atoms with Crippen LogP contribution in [0.25, 0.3) is 110 Å². The summed E-state index contributed by atoms with van der Waals surface area (Å²) < 4.78 is 9.82. The van der Waals surface area contributed by atoms with Gasteiger partial charge in [0.05, 0.1) is 22.1 Å². The summed E-state index contributed by atoms with van der Waals surface area (Å²) in [6.45, 7) is 0. The molecule has 270 valence electrons. The zero-order chi connectivity index (χ0) is 37.9. The van der Waals surface area contributed by atoms with Gasteiger partial charge in [-0.15, -0.1) is 0 Å². The van der Waals surface area contributed by atoms with Crippen LogP contribution in [0, 0.1) is 0 Å². The van der Waals surface area contributed by atoms with E-state index in [9.17, 15) is 0 Å². The summed E-state index contributed by atoms with van der Waals surface area (Å²) in [5.74, 6) is 0. The number of aromatic nitrogens is 4. The molecule has 0 unspecified atom stereocenters. The zero-order valence-corrected chi connectivity index (χ0v) is 31.4. The Morgan fingerprint density at radius 2 is 0.500 bits per heavy atom. The van der Waals surface area contributed by atoms with Crippen LogP contribution in [0.15, 0.2) is 206 Å². The molecule has 0 aliphatic carbocycles. The van der Waals surface area contributed by atoms with Gasteiger partial charge in [-0.05, 0) is 94.3 Å². The molecule has 58 heavy (non-hydrogen) atoms. The zero-order valence-electron chi connectivity index (χ0n) is 31.4. The van der Waals surface area contributed by atoms with Crippen molar-refractivity contribution in [2.75, 3.05) is 0 Å². The molecule has 0 bridgehead atoms. The van der Waals surface area contributed by atoms with Crippen LogP contribution < -0.4 is 0 Å². The molecule has 4 nitrogen and oxygen atoms in total. The number of benzene rings is 9. The van der Waals surface area contributed by atoms with E-state index < -0.39 is 0 Å². The van der Waals surface area contributed by atoms with E-state index in [1.165, 1.54) is 75.9 Å². The molecule has 0 aliphatic rings. The summed E-state index contributed by atoms with van der Waals surface area (Å²) in [6, 6.07) is 75.5. The number of para-hydroxylation sites is 4. The molecule has 4 heteroatoms. The first-order chi connectivity index (χ1) is 28.8. The summed E-state index contributed by atoms with van der Waals surface area (Å²) in [4.78, 5) is 0. The minimum Gasteiger partial charge on any atom is -0.295 e. The average molecular weight is 739 g/mol. The molecular weight excluding hydrogens is 705 g/mol.